The van der Waals surface area contributed by atoms with E-state index in [1.807, 2.05) is 29.2 Å². The number of halogens is 1. The van der Waals surface area contributed by atoms with Crippen LogP contribution in [-0.4, -0.2) is 44.3 Å². The van der Waals surface area contributed by atoms with Crippen molar-refractivity contribution in [3.05, 3.63) is 28.7 Å². The van der Waals surface area contributed by atoms with Gasteiger partial charge in [-0.25, -0.2) is 4.79 Å². The van der Waals surface area contributed by atoms with Gasteiger partial charge in [0.05, 0.1) is 13.2 Å². The lowest BCUT2D eigenvalue weighted by Gasteiger charge is -2.31. The summed E-state index contributed by atoms with van der Waals surface area (Å²) in [5.41, 5.74) is 0.885. The summed E-state index contributed by atoms with van der Waals surface area (Å²) >= 11 is 3.40. The van der Waals surface area contributed by atoms with Gasteiger partial charge >= 0.3 is 6.03 Å². The SMILES string of the molecule is CN(C(=O)N1CCOCC1)c1cccc(Br)c1. The fourth-order valence-corrected chi connectivity index (χ4v) is 2.15. The van der Waals surface area contributed by atoms with Gasteiger partial charge in [0.1, 0.15) is 0 Å². The van der Waals surface area contributed by atoms with Crippen LogP contribution in [0.5, 0.6) is 0 Å². The molecule has 1 aliphatic rings. The third-order valence-electron chi connectivity index (χ3n) is 2.76. The maximum atomic E-state index is 12.2. The van der Waals surface area contributed by atoms with Gasteiger partial charge in [0.15, 0.2) is 0 Å². The molecule has 0 atom stereocenters. The third-order valence-corrected chi connectivity index (χ3v) is 3.26. The van der Waals surface area contributed by atoms with Crippen molar-refractivity contribution in [3.8, 4) is 0 Å². The number of morpholine rings is 1. The number of hydrogen-bond donors (Lipinski definition) is 0. The van der Waals surface area contributed by atoms with E-state index < -0.39 is 0 Å². The molecule has 0 bridgehead atoms. The van der Waals surface area contributed by atoms with Crippen LogP contribution in [0.15, 0.2) is 28.7 Å². The lowest BCUT2D eigenvalue weighted by Crippen LogP contribution is -2.47. The average Bonchev–Trinajstić information content (AvgIpc) is 2.38. The molecular weight excluding hydrogens is 284 g/mol. The highest BCUT2D eigenvalue weighted by atomic mass is 79.9. The van der Waals surface area contributed by atoms with E-state index in [0.29, 0.717) is 26.3 Å². The molecule has 1 aromatic rings. The Kier molecular flexibility index (Phi) is 4.02. The molecule has 0 aromatic heterocycles. The van der Waals surface area contributed by atoms with Gasteiger partial charge in [-0.1, -0.05) is 22.0 Å². The number of carbonyl (C=O) groups excluding carboxylic acids is 1. The molecule has 1 aliphatic heterocycles. The molecule has 2 rings (SSSR count). The predicted molar refractivity (Wildman–Crippen MR) is 70.3 cm³/mol. The van der Waals surface area contributed by atoms with Gasteiger partial charge in [-0.05, 0) is 18.2 Å². The highest BCUT2D eigenvalue weighted by Gasteiger charge is 2.21. The zero-order chi connectivity index (χ0) is 12.3. The smallest absolute Gasteiger partial charge is 0.324 e. The first-order valence-corrected chi connectivity index (χ1v) is 6.34. The summed E-state index contributed by atoms with van der Waals surface area (Å²) in [6.07, 6.45) is 0. The molecule has 0 N–H and O–H groups in total. The summed E-state index contributed by atoms with van der Waals surface area (Å²) in [6.45, 7) is 2.57. The number of nitrogens with zero attached hydrogens (tertiary/aromatic N) is 2. The number of carbonyl (C=O) groups is 1. The van der Waals surface area contributed by atoms with Crippen LogP contribution in [0.2, 0.25) is 0 Å². The van der Waals surface area contributed by atoms with Gasteiger partial charge in [0.25, 0.3) is 0 Å². The van der Waals surface area contributed by atoms with Crippen molar-refractivity contribution in [3.63, 3.8) is 0 Å². The molecule has 0 radical (unpaired) electrons. The molecule has 1 fully saturated rings. The highest BCUT2D eigenvalue weighted by Crippen LogP contribution is 2.20. The molecule has 0 aliphatic carbocycles. The minimum atomic E-state index is 0.0198. The van der Waals surface area contributed by atoms with Crippen molar-refractivity contribution in [2.24, 2.45) is 0 Å². The molecular formula is C12H15BrN2O2. The number of amides is 2. The zero-order valence-electron chi connectivity index (χ0n) is 9.73. The summed E-state index contributed by atoms with van der Waals surface area (Å²) in [4.78, 5) is 15.7. The zero-order valence-corrected chi connectivity index (χ0v) is 11.3. The van der Waals surface area contributed by atoms with Crippen molar-refractivity contribution >= 4 is 27.6 Å². The van der Waals surface area contributed by atoms with E-state index in [1.165, 1.54) is 0 Å². The Balaban J connectivity index is 2.08. The second kappa shape index (κ2) is 5.51. The largest absolute Gasteiger partial charge is 0.378 e. The lowest BCUT2D eigenvalue weighted by atomic mass is 10.3. The minimum Gasteiger partial charge on any atom is -0.378 e. The lowest BCUT2D eigenvalue weighted by molar-refractivity contribution is 0.0551. The summed E-state index contributed by atoms with van der Waals surface area (Å²) in [5, 5.41) is 0. The van der Waals surface area contributed by atoms with E-state index in [2.05, 4.69) is 15.9 Å². The molecule has 92 valence electrons. The number of ether oxygens (including phenoxy) is 1. The number of hydrogen-bond acceptors (Lipinski definition) is 2. The van der Waals surface area contributed by atoms with Crippen LogP contribution < -0.4 is 4.90 Å². The van der Waals surface area contributed by atoms with Gasteiger partial charge in [0.2, 0.25) is 0 Å². The average molecular weight is 299 g/mol. The van der Waals surface area contributed by atoms with Crippen LogP contribution in [0, 0.1) is 0 Å². The monoisotopic (exact) mass is 298 g/mol. The van der Waals surface area contributed by atoms with Crippen LogP contribution in [-0.2, 0) is 4.74 Å². The molecule has 0 spiro atoms. The Morgan fingerprint density at radius 3 is 2.76 bits per heavy atom. The standard InChI is InChI=1S/C12H15BrN2O2/c1-14(11-4-2-3-10(13)9-11)12(16)15-5-7-17-8-6-15/h2-4,9H,5-8H2,1H3. The summed E-state index contributed by atoms with van der Waals surface area (Å²) in [7, 11) is 1.79. The van der Waals surface area contributed by atoms with Crippen molar-refractivity contribution in [1.82, 2.24) is 4.90 Å². The number of urea groups is 1. The van der Waals surface area contributed by atoms with Gasteiger partial charge < -0.3 is 9.64 Å². The van der Waals surface area contributed by atoms with Crippen LogP contribution >= 0.6 is 15.9 Å². The van der Waals surface area contributed by atoms with E-state index in [9.17, 15) is 4.79 Å². The van der Waals surface area contributed by atoms with Gasteiger partial charge in [-0.2, -0.15) is 0 Å². The summed E-state index contributed by atoms with van der Waals surface area (Å²) < 4.78 is 6.20. The Morgan fingerprint density at radius 1 is 1.41 bits per heavy atom. The van der Waals surface area contributed by atoms with Crippen LogP contribution in [0.4, 0.5) is 10.5 Å². The molecule has 0 unspecified atom stereocenters. The Bertz CT molecular complexity index is 405. The topological polar surface area (TPSA) is 32.8 Å². The van der Waals surface area contributed by atoms with Crippen LogP contribution in [0.25, 0.3) is 0 Å². The second-order valence-electron chi connectivity index (χ2n) is 3.92. The summed E-state index contributed by atoms with van der Waals surface area (Å²) in [6, 6.07) is 7.73. The second-order valence-corrected chi connectivity index (χ2v) is 4.84. The van der Waals surface area contributed by atoms with E-state index in [1.54, 1.807) is 11.9 Å². The number of anilines is 1. The van der Waals surface area contributed by atoms with Crippen LogP contribution in [0.1, 0.15) is 0 Å². The van der Waals surface area contributed by atoms with E-state index in [4.69, 9.17) is 4.74 Å². The van der Waals surface area contributed by atoms with Crippen molar-refractivity contribution in [1.29, 1.82) is 0 Å². The van der Waals surface area contributed by atoms with E-state index in [-0.39, 0.29) is 6.03 Å². The van der Waals surface area contributed by atoms with Crippen LogP contribution in [0.3, 0.4) is 0 Å². The van der Waals surface area contributed by atoms with Crippen molar-refractivity contribution in [2.75, 3.05) is 38.3 Å². The predicted octanol–water partition coefficient (Wildman–Crippen LogP) is 2.34. The maximum Gasteiger partial charge on any atom is 0.324 e. The first-order valence-electron chi connectivity index (χ1n) is 5.54. The number of rotatable bonds is 1. The molecule has 1 heterocycles. The first kappa shape index (κ1) is 12.4. The third kappa shape index (κ3) is 2.98. The normalized spacial score (nSPS) is 15.8. The molecule has 2 amide bonds. The van der Waals surface area contributed by atoms with Gasteiger partial charge in [0, 0.05) is 30.3 Å². The summed E-state index contributed by atoms with van der Waals surface area (Å²) in [5.74, 6) is 0. The maximum absolute atomic E-state index is 12.2. The molecule has 1 aromatic carbocycles. The Hall–Kier alpha value is -1.07. The molecule has 17 heavy (non-hydrogen) atoms. The first-order chi connectivity index (χ1) is 8.18. The van der Waals surface area contributed by atoms with E-state index in [0.717, 1.165) is 10.2 Å². The minimum absolute atomic E-state index is 0.0198. The molecule has 0 saturated carbocycles. The molecule has 4 nitrogen and oxygen atoms in total. The number of benzene rings is 1. The van der Waals surface area contributed by atoms with Gasteiger partial charge in [-0.15, -0.1) is 0 Å². The van der Waals surface area contributed by atoms with Crippen molar-refractivity contribution < 1.29 is 9.53 Å². The van der Waals surface area contributed by atoms with Crippen molar-refractivity contribution in [2.45, 2.75) is 0 Å². The fourth-order valence-electron chi connectivity index (χ4n) is 1.76. The Labute approximate surface area is 109 Å². The van der Waals surface area contributed by atoms with Gasteiger partial charge in [-0.3, -0.25) is 4.90 Å². The quantitative estimate of drug-likeness (QED) is 0.797. The molecule has 1 saturated heterocycles. The highest BCUT2D eigenvalue weighted by molar-refractivity contribution is 9.10. The van der Waals surface area contributed by atoms with E-state index >= 15 is 0 Å². The fraction of sp³-hybridized carbons (Fsp3) is 0.417. The Morgan fingerprint density at radius 2 is 2.12 bits per heavy atom. The molecule has 5 heteroatoms.